The fraction of sp³-hybridized carbons (Fsp3) is 1.00. The van der Waals surface area contributed by atoms with Crippen LogP contribution in [0.25, 0.3) is 0 Å². The lowest BCUT2D eigenvalue weighted by Gasteiger charge is -2.07. The second-order valence-corrected chi connectivity index (χ2v) is 7.59. The zero-order chi connectivity index (χ0) is 14.4. The van der Waals surface area contributed by atoms with Crippen molar-refractivity contribution in [1.82, 2.24) is 16.0 Å². The number of nitrogens with one attached hydrogen (secondary N) is 3. The highest BCUT2D eigenvalue weighted by molar-refractivity contribution is 7.57. The van der Waals surface area contributed by atoms with Gasteiger partial charge in [-0.15, -0.1) is 0 Å². The first-order chi connectivity index (χ1) is 9.06. The monoisotopic (exact) mass is 293 g/mol. The zero-order valence-corrected chi connectivity index (χ0v) is 13.5. The number of hydrogen-bond donors (Lipinski definition) is 4. The van der Waals surface area contributed by atoms with E-state index in [1.807, 2.05) is 0 Å². The smallest absolute Gasteiger partial charge is 0.197 e. The first-order valence-corrected chi connectivity index (χ1v) is 9.77. The van der Waals surface area contributed by atoms with Gasteiger partial charge >= 0.3 is 0 Å². The molecule has 0 aromatic heterocycles. The maximum Gasteiger partial charge on any atom is 0.197 e. The Labute approximate surface area is 118 Å². The molecule has 116 valence electrons. The Bertz CT molecular complexity index is 234. The highest BCUT2D eigenvalue weighted by atomic mass is 31.2. The van der Waals surface area contributed by atoms with Crippen LogP contribution in [0.4, 0.5) is 0 Å². The minimum absolute atomic E-state index is 0.446. The molecule has 19 heavy (non-hydrogen) atoms. The Morgan fingerprint density at radius 3 is 1.79 bits per heavy atom. The molecule has 0 aliphatic heterocycles. The largest absolute Gasteiger partial charge is 0.344 e. The third-order valence-electron chi connectivity index (χ3n) is 2.84. The third-order valence-corrected chi connectivity index (χ3v) is 3.99. The minimum atomic E-state index is -2.79. The van der Waals surface area contributed by atoms with E-state index in [0.29, 0.717) is 6.16 Å². The van der Waals surface area contributed by atoms with Gasteiger partial charge in [0.05, 0.1) is 0 Å². The van der Waals surface area contributed by atoms with Crippen molar-refractivity contribution in [3.05, 3.63) is 0 Å². The van der Waals surface area contributed by atoms with Gasteiger partial charge in [0.15, 0.2) is 7.37 Å². The quantitative estimate of drug-likeness (QED) is 0.286. The normalized spacial score (nSPS) is 14.5. The van der Waals surface area contributed by atoms with Crippen molar-refractivity contribution >= 4 is 7.37 Å². The van der Waals surface area contributed by atoms with Crippen LogP contribution in [-0.4, -0.2) is 57.0 Å². The van der Waals surface area contributed by atoms with Gasteiger partial charge in [-0.25, -0.2) is 0 Å². The standard InChI is InChI=1S/C13H32N3O2P/c1-3-14-9-6-10-16-12-7-11-15-8-4-5-13-19(2,17)18/h14-16H,3-13H2,1-2H3,(H,17,18). The summed E-state index contributed by atoms with van der Waals surface area (Å²) < 4.78 is 11.0. The second-order valence-electron chi connectivity index (χ2n) is 5.04. The van der Waals surface area contributed by atoms with Crippen LogP contribution in [0.3, 0.4) is 0 Å². The summed E-state index contributed by atoms with van der Waals surface area (Å²) in [5.41, 5.74) is 0. The Kier molecular flexibility index (Phi) is 13.1. The van der Waals surface area contributed by atoms with Crippen molar-refractivity contribution in [3.8, 4) is 0 Å². The molecule has 0 amide bonds. The summed E-state index contributed by atoms with van der Waals surface area (Å²) >= 11 is 0. The maximum absolute atomic E-state index is 11.0. The minimum Gasteiger partial charge on any atom is -0.344 e. The molecular formula is C13H32N3O2P. The molecule has 0 saturated carbocycles. The first-order valence-electron chi connectivity index (χ1n) is 7.47. The van der Waals surface area contributed by atoms with Gasteiger partial charge in [-0.05, 0) is 65.0 Å². The Hall–Kier alpha value is 0.0700. The summed E-state index contributed by atoms with van der Waals surface area (Å²) in [4.78, 5) is 9.12. The van der Waals surface area contributed by atoms with Crippen LogP contribution >= 0.6 is 7.37 Å². The molecule has 0 rings (SSSR count). The summed E-state index contributed by atoms with van der Waals surface area (Å²) in [7, 11) is -2.79. The van der Waals surface area contributed by atoms with E-state index in [1.54, 1.807) is 0 Å². The van der Waals surface area contributed by atoms with Gasteiger partial charge in [0, 0.05) is 12.8 Å². The molecule has 1 atom stereocenters. The van der Waals surface area contributed by atoms with Crippen LogP contribution in [0.5, 0.6) is 0 Å². The molecule has 1 unspecified atom stereocenters. The average Bonchev–Trinajstić information content (AvgIpc) is 2.34. The fourth-order valence-electron chi connectivity index (χ4n) is 1.76. The summed E-state index contributed by atoms with van der Waals surface area (Å²) in [6, 6.07) is 0. The van der Waals surface area contributed by atoms with Gasteiger partial charge in [-0.2, -0.15) is 0 Å². The molecule has 6 heteroatoms. The predicted octanol–water partition coefficient (Wildman–Crippen LogP) is 1.24. The molecular weight excluding hydrogens is 261 g/mol. The van der Waals surface area contributed by atoms with E-state index < -0.39 is 7.37 Å². The van der Waals surface area contributed by atoms with E-state index in [-0.39, 0.29) is 0 Å². The highest BCUT2D eigenvalue weighted by Crippen LogP contribution is 2.35. The van der Waals surface area contributed by atoms with Gasteiger partial charge in [-0.1, -0.05) is 6.92 Å². The zero-order valence-electron chi connectivity index (χ0n) is 12.6. The number of unbranched alkanes of at least 4 members (excludes halogenated alkanes) is 1. The van der Waals surface area contributed by atoms with Crippen molar-refractivity contribution in [3.63, 3.8) is 0 Å². The van der Waals surface area contributed by atoms with Gasteiger partial charge in [0.2, 0.25) is 0 Å². The summed E-state index contributed by atoms with van der Waals surface area (Å²) in [6.45, 7) is 9.79. The van der Waals surface area contributed by atoms with Crippen LogP contribution in [0.2, 0.25) is 0 Å². The molecule has 5 nitrogen and oxygen atoms in total. The number of rotatable bonds is 14. The molecule has 0 bridgehead atoms. The van der Waals surface area contributed by atoms with E-state index in [1.165, 1.54) is 13.1 Å². The van der Waals surface area contributed by atoms with Crippen molar-refractivity contribution in [2.75, 3.05) is 52.1 Å². The van der Waals surface area contributed by atoms with Crippen molar-refractivity contribution in [2.24, 2.45) is 0 Å². The van der Waals surface area contributed by atoms with E-state index in [4.69, 9.17) is 4.89 Å². The van der Waals surface area contributed by atoms with Crippen molar-refractivity contribution < 1.29 is 9.46 Å². The molecule has 0 radical (unpaired) electrons. The Morgan fingerprint density at radius 2 is 1.32 bits per heavy atom. The van der Waals surface area contributed by atoms with Crippen LogP contribution in [0.1, 0.15) is 32.6 Å². The van der Waals surface area contributed by atoms with Crippen molar-refractivity contribution in [2.45, 2.75) is 32.6 Å². The Morgan fingerprint density at radius 1 is 0.842 bits per heavy atom. The lowest BCUT2D eigenvalue weighted by molar-refractivity contribution is 0.481. The molecule has 0 heterocycles. The summed E-state index contributed by atoms with van der Waals surface area (Å²) in [5.74, 6) is 0. The fourth-order valence-corrected chi connectivity index (χ4v) is 2.57. The molecule has 0 aliphatic rings. The molecule has 0 saturated heterocycles. The third kappa shape index (κ3) is 18.1. The van der Waals surface area contributed by atoms with E-state index >= 15 is 0 Å². The maximum atomic E-state index is 11.0. The first kappa shape index (κ1) is 19.1. The number of hydrogen-bond acceptors (Lipinski definition) is 4. The summed E-state index contributed by atoms with van der Waals surface area (Å²) in [6.07, 6.45) is 4.57. The molecule has 0 aromatic rings. The molecule has 0 fully saturated rings. The van der Waals surface area contributed by atoms with Gasteiger partial charge in [-0.3, -0.25) is 4.57 Å². The van der Waals surface area contributed by atoms with Gasteiger partial charge < -0.3 is 20.8 Å². The molecule has 0 aliphatic carbocycles. The van der Waals surface area contributed by atoms with Crippen LogP contribution in [-0.2, 0) is 4.57 Å². The van der Waals surface area contributed by atoms with E-state index in [9.17, 15) is 4.57 Å². The van der Waals surface area contributed by atoms with Gasteiger partial charge in [0.1, 0.15) is 0 Å². The Balaban J connectivity index is 3.01. The SMILES string of the molecule is CCNCCCNCCCNCCCCP(C)(=O)O. The highest BCUT2D eigenvalue weighted by Gasteiger charge is 2.07. The predicted molar refractivity (Wildman–Crippen MR) is 83.4 cm³/mol. The van der Waals surface area contributed by atoms with E-state index in [2.05, 4.69) is 22.9 Å². The molecule has 4 N–H and O–H groups in total. The van der Waals surface area contributed by atoms with E-state index in [0.717, 1.165) is 58.5 Å². The topological polar surface area (TPSA) is 73.4 Å². The molecule has 0 spiro atoms. The summed E-state index contributed by atoms with van der Waals surface area (Å²) in [5, 5.41) is 10.1. The van der Waals surface area contributed by atoms with Crippen LogP contribution in [0.15, 0.2) is 0 Å². The van der Waals surface area contributed by atoms with Crippen LogP contribution < -0.4 is 16.0 Å². The van der Waals surface area contributed by atoms with Crippen LogP contribution in [0, 0.1) is 0 Å². The molecule has 0 aromatic carbocycles. The van der Waals surface area contributed by atoms with Gasteiger partial charge in [0.25, 0.3) is 0 Å². The second kappa shape index (κ2) is 13.1. The lowest BCUT2D eigenvalue weighted by Crippen LogP contribution is -2.25. The average molecular weight is 293 g/mol. The van der Waals surface area contributed by atoms with Crippen molar-refractivity contribution in [1.29, 1.82) is 0 Å². The lowest BCUT2D eigenvalue weighted by atomic mass is 10.3.